The fourth-order valence-corrected chi connectivity index (χ4v) is 4.90. The summed E-state index contributed by atoms with van der Waals surface area (Å²) in [5, 5.41) is -0.0375. The van der Waals surface area contributed by atoms with Crippen LogP contribution in [0.3, 0.4) is 0 Å². The summed E-state index contributed by atoms with van der Waals surface area (Å²) in [5.74, 6) is -0.377. The molecular formula is C28H32ClF3N2O5. The van der Waals surface area contributed by atoms with Crippen LogP contribution in [0.4, 0.5) is 18.0 Å². The number of morpholine rings is 1. The number of hydrogen-bond donors (Lipinski definition) is 0. The summed E-state index contributed by atoms with van der Waals surface area (Å²) in [4.78, 5) is 29.4. The zero-order valence-corrected chi connectivity index (χ0v) is 22.8. The van der Waals surface area contributed by atoms with Crippen molar-refractivity contribution in [1.82, 2.24) is 9.80 Å². The number of carbonyl (C=O) groups excluding carboxylic acids is 2. The minimum absolute atomic E-state index is 0.0208. The number of fused-ring (bicyclic) bond motifs is 1. The number of hydrogen-bond acceptors (Lipinski definition) is 5. The highest BCUT2D eigenvalue weighted by molar-refractivity contribution is 6.31. The number of ether oxygens (including phenoxy) is 3. The van der Waals surface area contributed by atoms with Gasteiger partial charge in [-0.15, -0.1) is 0 Å². The number of carbonyl (C=O) groups is 2. The minimum atomic E-state index is -4.51. The van der Waals surface area contributed by atoms with Crippen LogP contribution in [-0.4, -0.2) is 65.9 Å². The van der Waals surface area contributed by atoms with Gasteiger partial charge in [-0.2, -0.15) is 13.2 Å². The van der Waals surface area contributed by atoms with Gasteiger partial charge in [0, 0.05) is 18.1 Å². The summed E-state index contributed by atoms with van der Waals surface area (Å²) in [5.41, 5.74) is 0.379. The van der Waals surface area contributed by atoms with Crippen molar-refractivity contribution in [2.24, 2.45) is 0 Å². The molecule has 1 fully saturated rings. The summed E-state index contributed by atoms with van der Waals surface area (Å²) >= 11 is 6.21. The Kier molecular flexibility index (Phi) is 8.78. The van der Waals surface area contributed by atoms with E-state index in [-0.39, 0.29) is 50.1 Å². The first kappa shape index (κ1) is 29.2. The number of nitrogens with zero attached hydrogens (tertiary/aromatic N) is 2. The molecule has 0 aromatic heterocycles. The van der Waals surface area contributed by atoms with Gasteiger partial charge in [-0.05, 0) is 56.0 Å². The van der Waals surface area contributed by atoms with E-state index in [0.29, 0.717) is 17.7 Å². The van der Waals surface area contributed by atoms with Crippen LogP contribution in [0.25, 0.3) is 0 Å². The molecule has 2 aliphatic heterocycles. The van der Waals surface area contributed by atoms with E-state index in [0.717, 1.165) is 17.7 Å². The Morgan fingerprint density at radius 2 is 1.79 bits per heavy atom. The number of rotatable bonds is 5. The molecule has 0 saturated carbocycles. The lowest BCUT2D eigenvalue weighted by Crippen LogP contribution is -2.57. The predicted molar refractivity (Wildman–Crippen MR) is 138 cm³/mol. The van der Waals surface area contributed by atoms with Crippen molar-refractivity contribution < 1.29 is 37.0 Å². The maximum atomic E-state index is 13.6. The maximum Gasteiger partial charge on any atom is 0.416 e. The molecule has 0 radical (unpaired) electrons. The fourth-order valence-electron chi connectivity index (χ4n) is 4.60. The van der Waals surface area contributed by atoms with Gasteiger partial charge in [0.25, 0.3) is 5.91 Å². The van der Waals surface area contributed by atoms with E-state index in [4.69, 9.17) is 25.8 Å². The monoisotopic (exact) mass is 568 g/mol. The number of benzene rings is 2. The Balaban J connectivity index is 1.47. The summed E-state index contributed by atoms with van der Waals surface area (Å²) in [6.07, 6.45) is -6.44. The molecule has 11 heteroatoms. The van der Waals surface area contributed by atoms with Crippen molar-refractivity contribution in [2.75, 3.05) is 26.2 Å². The number of halogens is 4. The topological polar surface area (TPSA) is 68.3 Å². The second kappa shape index (κ2) is 11.7. The van der Waals surface area contributed by atoms with Crippen molar-refractivity contribution in [3.63, 3.8) is 0 Å². The van der Waals surface area contributed by atoms with E-state index in [1.54, 1.807) is 20.8 Å². The second-order valence-corrected chi connectivity index (χ2v) is 11.1. The largest absolute Gasteiger partial charge is 0.444 e. The Labute approximate surface area is 230 Å². The van der Waals surface area contributed by atoms with E-state index in [9.17, 15) is 22.8 Å². The lowest BCUT2D eigenvalue weighted by molar-refractivity contribution is -0.162. The van der Waals surface area contributed by atoms with E-state index in [1.807, 2.05) is 30.3 Å². The normalized spacial score (nSPS) is 20.0. The van der Waals surface area contributed by atoms with Gasteiger partial charge in [0.15, 0.2) is 6.10 Å². The molecule has 7 nitrogen and oxygen atoms in total. The number of amides is 2. The molecular weight excluding hydrogens is 537 g/mol. The van der Waals surface area contributed by atoms with Crippen molar-refractivity contribution in [2.45, 2.75) is 64.3 Å². The van der Waals surface area contributed by atoms with Gasteiger partial charge in [-0.25, -0.2) is 4.79 Å². The van der Waals surface area contributed by atoms with Crippen LogP contribution >= 0.6 is 11.6 Å². The standard InChI is InChI=1S/C28H32ClF3N2O5/c1-27(2,3)39-26(36)34-13-21(17-37-16-18-7-5-4-6-8-18)38-24(15-34)25(35)33-10-9-19-11-20(28(30,31)32)12-23(29)22(19)14-33/h4-8,11-12,21,24H,9-10,13-17H2,1-3H3. The van der Waals surface area contributed by atoms with E-state index >= 15 is 0 Å². The lowest BCUT2D eigenvalue weighted by Gasteiger charge is -2.40. The van der Waals surface area contributed by atoms with Crippen molar-refractivity contribution >= 4 is 23.6 Å². The van der Waals surface area contributed by atoms with E-state index < -0.39 is 35.6 Å². The van der Waals surface area contributed by atoms with Crippen molar-refractivity contribution in [3.8, 4) is 0 Å². The molecule has 2 aromatic carbocycles. The van der Waals surface area contributed by atoms with Crippen molar-refractivity contribution in [1.29, 1.82) is 0 Å². The molecule has 2 aromatic rings. The second-order valence-electron chi connectivity index (χ2n) is 10.7. The molecule has 2 amide bonds. The molecule has 2 heterocycles. The minimum Gasteiger partial charge on any atom is -0.444 e. The van der Waals surface area contributed by atoms with Gasteiger partial charge in [0.05, 0.1) is 38.0 Å². The fraction of sp³-hybridized carbons (Fsp3) is 0.500. The van der Waals surface area contributed by atoms with Gasteiger partial charge < -0.3 is 24.0 Å². The average Bonchev–Trinajstić information content (AvgIpc) is 2.87. The summed E-state index contributed by atoms with van der Waals surface area (Å²) < 4.78 is 57.1. The van der Waals surface area contributed by atoms with Crippen LogP contribution in [0.2, 0.25) is 5.02 Å². The Morgan fingerprint density at radius 3 is 2.46 bits per heavy atom. The number of alkyl halides is 3. The van der Waals surface area contributed by atoms with Crippen LogP contribution in [0.5, 0.6) is 0 Å². The summed E-state index contributed by atoms with van der Waals surface area (Å²) in [7, 11) is 0. The molecule has 4 rings (SSSR count). The zero-order valence-electron chi connectivity index (χ0n) is 22.1. The molecule has 2 unspecified atom stereocenters. The summed E-state index contributed by atoms with van der Waals surface area (Å²) in [6, 6.07) is 11.5. The quantitative estimate of drug-likeness (QED) is 0.479. The van der Waals surface area contributed by atoms with Gasteiger partial charge >= 0.3 is 12.3 Å². The van der Waals surface area contributed by atoms with Gasteiger partial charge in [-0.3, -0.25) is 4.79 Å². The predicted octanol–water partition coefficient (Wildman–Crippen LogP) is 5.46. The molecule has 0 N–H and O–H groups in total. The van der Waals surface area contributed by atoms with Gasteiger partial charge in [0.2, 0.25) is 0 Å². The van der Waals surface area contributed by atoms with Crippen LogP contribution in [0, 0.1) is 0 Å². The first-order valence-corrected chi connectivity index (χ1v) is 13.1. The third-order valence-electron chi connectivity index (χ3n) is 6.44. The van der Waals surface area contributed by atoms with E-state index in [1.165, 1.54) is 9.80 Å². The SMILES string of the molecule is CC(C)(C)OC(=O)N1CC(COCc2ccccc2)OC(C(=O)N2CCc3cc(C(F)(F)F)cc(Cl)c3C2)C1. The molecule has 39 heavy (non-hydrogen) atoms. The third kappa shape index (κ3) is 7.64. The van der Waals surface area contributed by atoms with Crippen LogP contribution in [-0.2, 0) is 44.8 Å². The highest BCUT2D eigenvalue weighted by Gasteiger charge is 2.40. The molecule has 2 aliphatic rings. The van der Waals surface area contributed by atoms with Crippen LogP contribution < -0.4 is 0 Å². The highest BCUT2D eigenvalue weighted by Crippen LogP contribution is 2.36. The average molecular weight is 569 g/mol. The maximum absolute atomic E-state index is 13.6. The van der Waals surface area contributed by atoms with Crippen molar-refractivity contribution in [3.05, 3.63) is 69.7 Å². The summed E-state index contributed by atoms with van der Waals surface area (Å²) in [6.45, 7) is 6.17. The first-order chi connectivity index (χ1) is 18.3. The molecule has 212 valence electrons. The Morgan fingerprint density at radius 1 is 1.08 bits per heavy atom. The van der Waals surface area contributed by atoms with Gasteiger partial charge in [-0.1, -0.05) is 41.9 Å². The van der Waals surface area contributed by atoms with Crippen LogP contribution in [0.1, 0.15) is 43.0 Å². The lowest BCUT2D eigenvalue weighted by atomic mass is 9.96. The third-order valence-corrected chi connectivity index (χ3v) is 6.77. The molecule has 0 spiro atoms. The molecule has 1 saturated heterocycles. The molecule has 0 aliphatic carbocycles. The van der Waals surface area contributed by atoms with Crippen LogP contribution in [0.15, 0.2) is 42.5 Å². The van der Waals surface area contributed by atoms with Gasteiger partial charge in [0.1, 0.15) is 5.60 Å². The highest BCUT2D eigenvalue weighted by atomic mass is 35.5. The Hall–Kier alpha value is -2.82. The molecule has 2 atom stereocenters. The van der Waals surface area contributed by atoms with E-state index in [2.05, 4.69) is 0 Å². The smallest absolute Gasteiger partial charge is 0.416 e. The first-order valence-electron chi connectivity index (χ1n) is 12.7. The molecule has 0 bridgehead atoms. The zero-order chi connectivity index (χ0) is 28.4. The Bertz CT molecular complexity index is 1190.